The highest BCUT2D eigenvalue weighted by molar-refractivity contribution is 9.11. The summed E-state index contributed by atoms with van der Waals surface area (Å²) < 4.78 is 118. The normalized spacial score (nSPS) is 11.4. The number of aromatic hydroxyl groups is 1. The Morgan fingerprint density at radius 2 is 0.804 bits per heavy atom. The number of fused-ring (bicyclic) bond motifs is 7. The third-order valence-corrected chi connectivity index (χ3v) is 28.0. The van der Waals surface area contributed by atoms with Gasteiger partial charge in [0.1, 0.15) is 41.0 Å². The summed E-state index contributed by atoms with van der Waals surface area (Å²) in [7, 11) is -3.10. The van der Waals surface area contributed by atoms with Gasteiger partial charge in [0.15, 0.2) is 5.75 Å². The molecule has 0 bridgehead atoms. The number of nitro benzene ring substituents is 1. The first-order valence-electron chi connectivity index (χ1n) is 41.6. The highest BCUT2D eigenvalue weighted by Crippen LogP contribution is 2.42. The number of nitrogens with zero attached hydrogens (tertiary/aromatic N) is 8. The number of halogens is 9. The molecule has 138 heavy (non-hydrogen) atoms. The number of rotatable bonds is 15. The van der Waals surface area contributed by atoms with Crippen LogP contribution in [0.2, 0.25) is 0 Å². The van der Waals surface area contributed by atoms with Crippen LogP contribution in [-0.4, -0.2) is 124 Å². The summed E-state index contributed by atoms with van der Waals surface area (Å²) in [5, 5.41) is 55.8. The summed E-state index contributed by atoms with van der Waals surface area (Å²) in [6.07, 6.45) is 12.0. The second-order valence-corrected chi connectivity index (χ2v) is 38.4. The zero-order valence-electron chi connectivity index (χ0n) is 76.9. The summed E-state index contributed by atoms with van der Waals surface area (Å²) in [6.45, 7) is 21.9. The van der Waals surface area contributed by atoms with Gasteiger partial charge in [0.2, 0.25) is 0 Å². The fourth-order valence-electron chi connectivity index (χ4n) is 13.8. The highest BCUT2D eigenvalue weighted by Gasteiger charge is 2.49. The van der Waals surface area contributed by atoms with Crippen LogP contribution in [0.1, 0.15) is 84.5 Å². The van der Waals surface area contributed by atoms with Gasteiger partial charge in [-0.05, 0) is 348 Å². The van der Waals surface area contributed by atoms with Gasteiger partial charge in [-0.2, -0.15) is 30.0 Å². The molecule has 0 unspecified atom stereocenters. The first kappa shape index (κ1) is 110. The smallest absolute Gasteiger partial charge is 0.506 e. The molecule has 0 saturated heterocycles. The molecule has 0 aliphatic rings. The molecule has 0 fully saturated rings. The lowest BCUT2D eigenvalue weighted by atomic mass is 10.0. The topological polar surface area (TPSA) is 364 Å². The molecule has 7 aromatic heterocycles. The number of benzene rings is 10. The van der Waals surface area contributed by atoms with Gasteiger partial charge >= 0.3 is 15.6 Å². The van der Waals surface area contributed by atoms with Crippen molar-refractivity contribution in [2.24, 2.45) is 0 Å². The van der Waals surface area contributed by atoms with E-state index in [1.807, 2.05) is 176 Å². The number of methoxy groups -OCH3 is 4. The van der Waals surface area contributed by atoms with Gasteiger partial charge in [0.05, 0.1) is 104 Å². The van der Waals surface area contributed by atoms with E-state index < -0.39 is 48.6 Å². The van der Waals surface area contributed by atoms with Gasteiger partial charge in [-0.3, -0.25) is 49.2 Å². The number of ether oxygens (including phenoxy) is 4. The molecule has 36 heteroatoms. The minimum atomic E-state index is -5.71. The van der Waals surface area contributed by atoms with E-state index in [1.165, 1.54) is 56.1 Å². The van der Waals surface area contributed by atoms with Crippen molar-refractivity contribution in [3.8, 4) is 34.5 Å². The maximum Gasteiger partial charge on any atom is 0.534 e. The van der Waals surface area contributed by atoms with E-state index in [-0.39, 0.29) is 33.8 Å². The molecule has 17 rings (SSSR count). The van der Waals surface area contributed by atoms with Crippen molar-refractivity contribution in [3.63, 3.8) is 0 Å². The van der Waals surface area contributed by atoms with Crippen molar-refractivity contribution in [1.29, 1.82) is 0 Å². The molecule has 0 saturated carbocycles. The fraction of sp³-hybridized carbons (Fsp3) is 0.186. The lowest BCUT2D eigenvalue weighted by Gasteiger charge is -2.17. The minimum absolute atomic E-state index is 0.0637. The molecule has 17 aromatic rings. The number of anilines is 1. The SMILES string of the molecule is C=Cc1c(C)cc2ncccc2c1Br.COc1c(C)cc2ncccc2c1Br.COc1cc2cccnc2cc1C.COc1ccc(N)cc1C.COc1ccc([N+](=O)[O-])cc1C.Cc1cc2ncccc2c(Br)c1O.Cc1cc2ncccc2c(Br)c1OS(=O)(=O)C(F)(F)F.Cc1cc2ncccc2c(Br)c1[C@@H](O)CO.Cc1ccc(S(=O)(=O)OC[C@H](O)c2c(C)cc3ncccc3c2Br)cc1. The summed E-state index contributed by atoms with van der Waals surface area (Å²) in [6, 6.07) is 58.0. The second kappa shape index (κ2) is 50.2. The molecule has 10 aromatic carbocycles. The molecular weight excluding hydrogens is 2210 g/mol. The van der Waals surface area contributed by atoms with Crippen molar-refractivity contribution in [1.82, 2.24) is 34.9 Å². The predicted molar refractivity (Wildman–Crippen MR) is 560 cm³/mol. The Bertz CT molecular complexity index is 7520. The number of alkyl halides is 3. The predicted octanol–water partition coefficient (Wildman–Crippen LogP) is 26.2. The molecule has 0 aliphatic heterocycles. The number of aliphatic hydroxyl groups is 3. The maximum absolute atomic E-state index is 12.4. The van der Waals surface area contributed by atoms with Crippen LogP contribution in [0.25, 0.3) is 82.4 Å². The van der Waals surface area contributed by atoms with Gasteiger partial charge in [-0.25, -0.2) is 0 Å². The van der Waals surface area contributed by atoms with Crippen molar-refractivity contribution in [2.45, 2.75) is 91.8 Å². The highest BCUT2D eigenvalue weighted by atomic mass is 79.9. The number of nitrogens with two attached hydrogens (primary N) is 1. The zero-order valence-corrected chi connectivity index (χ0v) is 88.1. The van der Waals surface area contributed by atoms with Gasteiger partial charge < -0.3 is 49.3 Å². The number of phenols is 1. The first-order chi connectivity index (χ1) is 65.4. The Morgan fingerprint density at radius 3 is 1.22 bits per heavy atom. The summed E-state index contributed by atoms with van der Waals surface area (Å²) in [4.78, 5) is 39.6. The van der Waals surface area contributed by atoms with Crippen molar-refractivity contribution < 1.29 is 82.7 Å². The van der Waals surface area contributed by atoms with E-state index in [9.17, 15) is 55.4 Å². The van der Waals surface area contributed by atoms with Crippen LogP contribution >= 0.6 is 95.6 Å². The summed E-state index contributed by atoms with van der Waals surface area (Å²) in [5.74, 6) is 3.24. The fourth-order valence-corrected chi connectivity index (χ4v) is 20.2. The Balaban J connectivity index is 0.000000176. The Kier molecular flexibility index (Phi) is 40.0. The number of pyridine rings is 7. The first-order valence-corrected chi connectivity index (χ1v) is 49.1. The second-order valence-electron chi connectivity index (χ2n) is 30.5. The average Bonchev–Trinajstić information content (AvgIpc) is 0.771. The van der Waals surface area contributed by atoms with Crippen LogP contribution in [0.5, 0.6) is 34.5 Å². The van der Waals surface area contributed by atoms with E-state index >= 15 is 0 Å². The van der Waals surface area contributed by atoms with Crippen LogP contribution < -0.4 is 28.9 Å². The number of aliphatic hydroxyl groups excluding tert-OH is 3. The molecule has 7 heterocycles. The molecule has 6 N–H and O–H groups in total. The van der Waals surface area contributed by atoms with Gasteiger partial charge in [0.25, 0.3) is 15.8 Å². The van der Waals surface area contributed by atoms with Crippen molar-refractivity contribution in [2.75, 3.05) is 47.4 Å². The largest absolute Gasteiger partial charge is 0.534 e. The number of nitrogen functional groups attached to an aromatic ring is 1. The van der Waals surface area contributed by atoms with Crippen LogP contribution in [0, 0.1) is 79.4 Å². The number of aryl methyl sites for hydroxylation is 10. The number of nitro groups is 1. The molecule has 25 nitrogen and oxygen atoms in total. The monoisotopic (exact) mass is 2300 g/mol. The molecule has 0 aliphatic carbocycles. The summed E-state index contributed by atoms with van der Waals surface area (Å²) >= 11 is 20.5. The Labute approximate surface area is 846 Å². The van der Waals surface area contributed by atoms with Crippen LogP contribution in [0.15, 0.2) is 276 Å². The lowest BCUT2D eigenvalue weighted by molar-refractivity contribution is -0.384. The van der Waals surface area contributed by atoms with Crippen LogP contribution in [0.4, 0.5) is 24.5 Å². The van der Waals surface area contributed by atoms with Gasteiger partial charge in [0, 0.05) is 123 Å². The standard InChI is InChI=1S/C19H18BrNO4S.C12H12BrNO2.C12H10BrN.C11H7BrF3NO3S.C11H10BrNO.C11H11NO.C10H8BrNO.C8H9NO3.C8H11NO/c1-12-5-7-14(8-6-12)26(23,24)25-11-17(22)18-13(2)10-16-15(19(18)20)4-3-9-21-16;1-7-5-9-8(3-2-4-14-9)12(13)11(7)10(16)6-15;1-3-9-8(2)7-11-10(12(9)13)5-4-6-14-11;1-6-5-8-7(3-2-4-16-8)9(12)10(6)19-20(17,18)11(13,14)15;1-7-6-9-8(4-3-5-13-9)10(12)11(7)14-2;1-8-6-10-9(4-3-5-12-10)7-11(8)13-2;1-6-5-8-7(3-2-4-12-8)9(11)10(6)13;1-6-5-7(9(10)11)3-4-8(6)12-2;1-6-5-7(9)3-4-8(6)10-2/h3-10,17,22H,11H2,1-2H3;2-5,10,15-16H,6H2,1H3;3-7H,1H2,2H3;2-5H,1H3;3-6H,1-2H3;3-7H,1-2H3;2-5,13H,1H3;3-5H,1-2H3;3-5H,9H2,1-2H3/t17-;10-;;;;;;;/m00......./s1. The maximum atomic E-state index is 12.4. The molecule has 0 spiro atoms. The van der Waals surface area contributed by atoms with E-state index in [0.29, 0.717) is 32.4 Å². The third-order valence-electron chi connectivity index (χ3n) is 20.8. The van der Waals surface area contributed by atoms with Crippen molar-refractivity contribution in [3.05, 3.63) is 353 Å². The van der Waals surface area contributed by atoms with Gasteiger partial charge in [-0.1, -0.05) is 72.8 Å². The number of hydrogen-bond acceptors (Lipinski definition) is 24. The molecule has 720 valence electrons. The average molecular weight is 2300 g/mol. The number of phenolic OH excluding ortho intramolecular Hbond substituents is 1. The number of aromatic nitrogens is 7. The molecule has 2 atom stereocenters. The lowest BCUT2D eigenvalue weighted by Crippen LogP contribution is -2.28. The van der Waals surface area contributed by atoms with Crippen molar-refractivity contribution >= 4 is 210 Å². The van der Waals surface area contributed by atoms with Crippen LogP contribution in [-0.2, 0) is 24.4 Å². The number of hydrogen-bond donors (Lipinski definition) is 5. The zero-order chi connectivity index (χ0) is 101. The van der Waals surface area contributed by atoms with Gasteiger partial charge in [-0.15, -0.1) is 0 Å². The Morgan fingerprint density at radius 1 is 0.435 bits per heavy atom. The minimum Gasteiger partial charge on any atom is -0.506 e. The van der Waals surface area contributed by atoms with E-state index in [1.54, 1.807) is 95.6 Å². The molecule has 0 amide bonds. The number of non-ortho nitro benzene ring substituents is 1. The third kappa shape index (κ3) is 28.1. The quantitative estimate of drug-likeness (QED) is 0.0209. The molecule has 0 radical (unpaired) electrons. The summed E-state index contributed by atoms with van der Waals surface area (Å²) in [5.41, 5.74) is 18.4. The Hall–Kier alpha value is -11.8. The van der Waals surface area contributed by atoms with Crippen LogP contribution in [0.3, 0.4) is 0 Å². The van der Waals surface area contributed by atoms with E-state index in [4.69, 9.17) is 34.0 Å². The van der Waals surface area contributed by atoms with E-state index in [0.717, 1.165) is 162 Å². The molecular formula is C102H96Br6F3N9O16S2. The van der Waals surface area contributed by atoms with E-state index in [2.05, 4.69) is 160 Å².